The fourth-order valence-corrected chi connectivity index (χ4v) is 3.23. The largest absolute Gasteiger partial charge is 0.397 e. The monoisotopic (exact) mass is 299 g/mol. The molecule has 104 valence electrons. The highest BCUT2D eigenvalue weighted by molar-refractivity contribution is 8.14. The van der Waals surface area contributed by atoms with Crippen LogP contribution in [0.15, 0.2) is 4.99 Å². The molecule has 0 radical (unpaired) electrons. The Morgan fingerprint density at radius 2 is 2.11 bits per heavy atom. The molecule has 0 unspecified atom stereocenters. The van der Waals surface area contributed by atoms with E-state index in [1.807, 2.05) is 0 Å². The predicted octanol–water partition coefficient (Wildman–Crippen LogP) is -1.21. The van der Waals surface area contributed by atoms with E-state index in [4.69, 9.17) is 9.29 Å². The normalized spacial score (nSPS) is 40.4. The van der Waals surface area contributed by atoms with Crippen molar-refractivity contribution in [1.82, 2.24) is 0 Å². The summed E-state index contributed by atoms with van der Waals surface area (Å²) in [6.07, 6.45) is -3.54. The van der Waals surface area contributed by atoms with Gasteiger partial charge in [-0.2, -0.15) is 8.42 Å². The van der Waals surface area contributed by atoms with Crippen LogP contribution in [-0.2, 0) is 19.3 Å². The van der Waals surface area contributed by atoms with Crippen molar-refractivity contribution in [3.63, 3.8) is 0 Å². The molecule has 0 bridgehead atoms. The van der Waals surface area contributed by atoms with Crippen molar-refractivity contribution in [2.45, 2.75) is 36.7 Å². The second-order valence-corrected chi connectivity index (χ2v) is 6.38. The maximum Gasteiger partial charge on any atom is 0.397 e. The quantitative estimate of drug-likeness (QED) is 0.554. The molecule has 0 saturated carbocycles. The Kier molecular flexibility index (Phi) is 3.97. The Hall–Kier alpha value is -0.230. The third-order valence-corrected chi connectivity index (χ3v) is 4.17. The van der Waals surface area contributed by atoms with Crippen molar-refractivity contribution in [2.24, 2.45) is 4.99 Å². The van der Waals surface area contributed by atoms with E-state index < -0.39 is 46.8 Å². The molecule has 10 heteroatoms. The summed E-state index contributed by atoms with van der Waals surface area (Å²) in [5, 5.41) is 20.3. The Bertz CT molecular complexity index is 450. The van der Waals surface area contributed by atoms with Crippen molar-refractivity contribution in [3.8, 4) is 0 Å². The van der Waals surface area contributed by atoms with Gasteiger partial charge in [0.05, 0.1) is 11.7 Å². The van der Waals surface area contributed by atoms with E-state index >= 15 is 0 Å². The number of aliphatic imine (C=N–C) groups is 1. The van der Waals surface area contributed by atoms with Crippen LogP contribution in [0.5, 0.6) is 0 Å². The molecule has 1 fully saturated rings. The van der Waals surface area contributed by atoms with Crippen LogP contribution in [0.2, 0.25) is 0 Å². The lowest BCUT2D eigenvalue weighted by molar-refractivity contribution is -0.161. The zero-order chi connectivity index (χ0) is 13.5. The Morgan fingerprint density at radius 1 is 1.44 bits per heavy atom. The summed E-state index contributed by atoms with van der Waals surface area (Å²) in [6.45, 7) is 1.18. The van der Waals surface area contributed by atoms with E-state index in [1.54, 1.807) is 6.92 Å². The summed E-state index contributed by atoms with van der Waals surface area (Å²) in [4.78, 5) is 4.12. The molecule has 2 aliphatic rings. The van der Waals surface area contributed by atoms with Gasteiger partial charge in [0.15, 0.2) is 0 Å². The van der Waals surface area contributed by atoms with Crippen molar-refractivity contribution >= 4 is 27.2 Å². The molecule has 1 saturated heterocycles. The second kappa shape index (κ2) is 5.04. The molecule has 0 spiro atoms. The van der Waals surface area contributed by atoms with Crippen LogP contribution in [0, 0.1) is 0 Å². The van der Waals surface area contributed by atoms with Gasteiger partial charge in [-0.15, -0.1) is 0 Å². The van der Waals surface area contributed by atoms with Gasteiger partial charge in [-0.25, -0.2) is 4.18 Å². The van der Waals surface area contributed by atoms with Crippen LogP contribution in [0.3, 0.4) is 0 Å². The number of aliphatic hydroxyl groups excluding tert-OH is 2. The van der Waals surface area contributed by atoms with Gasteiger partial charge >= 0.3 is 10.4 Å². The first-order valence-corrected chi connectivity index (χ1v) is 7.37. The third kappa shape index (κ3) is 3.02. The van der Waals surface area contributed by atoms with Gasteiger partial charge in [-0.1, -0.05) is 11.8 Å². The number of ether oxygens (including phenoxy) is 1. The second-order valence-electron chi connectivity index (χ2n) is 3.99. The first-order chi connectivity index (χ1) is 8.28. The van der Waals surface area contributed by atoms with Gasteiger partial charge in [-0.05, 0) is 6.92 Å². The fourth-order valence-electron chi connectivity index (χ4n) is 1.85. The minimum atomic E-state index is -4.61. The van der Waals surface area contributed by atoms with Crippen LogP contribution >= 0.6 is 11.8 Å². The lowest BCUT2D eigenvalue weighted by atomic mass is 9.99. The summed E-state index contributed by atoms with van der Waals surface area (Å²) in [5.74, 6) is 0. The zero-order valence-corrected chi connectivity index (χ0v) is 11.0. The number of nitrogens with zero attached hydrogens (tertiary/aromatic N) is 1. The number of aliphatic hydroxyl groups is 2. The highest BCUT2D eigenvalue weighted by Gasteiger charge is 2.47. The summed E-state index contributed by atoms with van der Waals surface area (Å²) >= 11 is 1.28. The Morgan fingerprint density at radius 3 is 2.72 bits per heavy atom. The molecule has 0 aromatic heterocycles. The van der Waals surface area contributed by atoms with Crippen molar-refractivity contribution < 1.29 is 32.1 Å². The van der Waals surface area contributed by atoms with Gasteiger partial charge < -0.3 is 14.9 Å². The summed E-state index contributed by atoms with van der Waals surface area (Å²) in [7, 11) is -4.61. The van der Waals surface area contributed by atoms with Crippen LogP contribution in [0.4, 0.5) is 0 Å². The molecule has 8 nitrogen and oxygen atoms in total. The molecule has 2 rings (SSSR count). The number of hydrogen-bond donors (Lipinski definition) is 3. The first-order valence-electron chi connectivity index (χ1n) is 5.12. The first kappa shape index (κ1) is 14.2. The summed E-state index contributed by atoms with van der Waals surface area (Å²) < 4.78 is 38.9. The van der Waals surface area contributed by atoms with Gasteiger partial charge in [-0.3, -0.25) is 9.55 Å². The highest BCUT2D eigenvalue weighted by Crippen LogP contribution is 2.36. The van der Waals surface area contributed by atoms with Crippen molar-refractivity contribution in [3.05, 3.63) is 0 Å². The lowest BCUT2D eigenvalue weighted by Crippen LogP contribution is -2.56. The van der Waals surface area contributed by atoms with E-state index in [1.165, 1.54) is 11.8 Å². The molecule has 0 aromatic carbocycles. The van der Waals surface area contributed by atoms with Crippen molar-refractivity contribution in [2.75, 3.05) is 6.61 Å². The Labute approximate surface area is 108 Å². The number of fused-ring (bicyclic) bond motifs is 1. The average molecular weight is 299 g/mol. The SMILES string of the molecule is CC1=N[C@@H]2[C@@H](O)[C@H](O)[C@@H](COS(=O)(=O)O)O[C@@H]2S1. The molecule has 0 aliphatic carbocycles. The fraction of sp³-hybridized carbons (Fsp3) is 0.875. The molecule has 2 heterocycles. The highest BCUT2D eigenvalue weighted by atomic mass is 32.3. The number of thioether (sulfide) groups is 1. The van der Waals surface area contributed by atoms with Gasteiger partial charge in [0.1, 0.15) is 29.8 Å². The van der Waals surface area contributed by atoms with Crippen LogP contribution in [0.25, 0.3) is 0 Å². The van der Waals surface area contributed by atoms with Crippen LogP contribution in [0.1, 0.15) is 6.92 Å². The minimum absolute atomic E-state index is 0.488. The van der Waals surface area contributed by atoms with Crippen LogP contribution in [-0.4, -0.2) is 64.6 Å². The minimum Gasteiger partial charge on any atom is -0.388 e. The van der Waals surface area contributed by atoms with E-state index in [9.17, 15) is 18.6 Å². The summed E-state index contributed by atoms with van der Waals surface area (Å²) in [5.41, 5.74) is -0.488. The smallest absolute Gasteiger partial charge is 0.388 e. The predicted molar refractivity (Wildman–Crippen MR) is 62.7 cm³/mol. The average Bonchev–Trinajstić information content (AvgIpc) is 2.61. The molecular weight excluding hydrogens is 286 g/mol. The number of rotatable bonds is 3. The maximum atomic E-state index is 10.4. The Balaban J connectivity index is 2.03. The van der Waals surface area contributed by atoms with E-state index in [0.717, 1.165) is 0 Å². The van der Waals surface area contributed by atoms with E-state index in [-0.39, 0.29) is 0 Å². The standard InChI is InChI=1S/C8H13NO7S2/c1-3-9-5-7(11)6(10)4(16-8(5)17-3)2-15-18(12,13)14/h4-8,10-11H,2H2,1H3,(H,12,13,14)/t4-,5-,6-,7-,8-/m1/s1. The van der Waals surface area contributed by atoms with Gasteiger partial charge in [0, 0.05) is 0 Å². The summed E-state index contributed by atoms with van der Waals surface area (Å²) in [6, 6.07) is -0.577. The van der Waals surface area contributed by atoms with E-state index in [0.29, 0.717) is 5.04 Å². The van der Waals surface area contributed by atoms with Gasteiger partial charge in [0.25, 0.3) is 0 Å². The molecule has 0 amide bonds. The maximum absolute atomic E-state index is 10.4. The molecule has 5 atom stereocenters. The lowest BCUT2D eigenvalue weighted by Gasteiger charge is -2.37. The third-order valence-electron chi connectivity index (χ3n) is 2.67. The van der Waals surface area contributed by atoms with Crippen LogP contribution < -0.4 is 0 Å². The molecule has 0 aromatic rings. The molecular formula is C8H13NO7S2. The number of hydrogen-bond acceptors (Lipinski definition) is 8. The van der Waals surface area contributed by atoms with Crippen molar-refractivity contribution in [1.29, 1.82) is 0 Å². The molecule has 18 heavy (non-hydrogen) atoms. The molecule has 3 N–H and O–H groups in total. The topological polar surface area (TPSA) is 126 Å². The zero-order valence-electron chi connectivity index (χ0n) is 9.33. The van der Waals surface area contributed by atoms with E-state index in [2.05, 4.69) is 9.18 Å². The molecule has 2 aliphatic heterocycles. The van der Waals surface area contributed by atoms with Gasteiger partial charge in [0.2, 0.25) is 0 Å².